The molecule has 0 saturated carbocycles. The monoisotopic (exact) mass is 511 g/mol. The van der Waals surface area contributed by atoms with E-state index in [1.165, 1.54) is 16.8 Å². The summed E-state index contributed by atoms with van der Waals surface area (Å²) in [6.45, 7) is 3.22. The highest BCUT2D eigenvalue weighted by atomic mass is 19.4. The van der Waals surface area contributed by atoms with Crippen LogP contribution in [-0.2, 0) is 19.8 Å². The molecule has 194 valence electrons. The molecule has 0 unspecified atom stereocenters. The first-order valence-electron chi connectivity index (χ1n) is 11.7. The number of nitrogens with one attached hydrogen (secondary N) is 2. The van der Waals surface area contributed by atoms with Gasteiger partial charge in [0.1, 0.15) is 5.69 Å². The van der Waals surface area contributed by atoms with Crippen molar-refractivity contribution in [3.05, 3.63) is 70.9 Å². The fraction of sp³-hybridized carbons (Fsp3) is 0.308. The van der Waals surface area contributed by atoms with Gasteiger partial charge in [-0.05, 0) is 54.9 Å². The molecule has 4 rings (SSSR count). The van der Waals surface area contributed by atoms with Crippen LogP contribution in [0.25, 0.3) is 0 Å². The molecule has 0 atom stereocenters. The van der Waals surface area contributed by atoms with Crippen molar-refractivity contribution in [1.29, 1.82) is 0 Å². The number of nitrogens with zero attached hydrogens (tertiary/aromatic N) is 4. The SMILES string of the molecule is CN1CCN(Cc2ccc(NC(=O)Nc3cc(C#Cc4ccc(N)cc4)n(C)n3)cc2C(F)(F)F)CC1. The third kappa shape index (κ3) is 7.03. The molecule has 1 saturated heterocycles. The largest absolute Gasteiger partial charge is 0.416 e. The first-order chi connectivity index (χ1) is 17.6. The van der Waals surface area contributed by atoms with Crippen LogP contribution in [-0.4, -0.2) is 58.8 Å². The highest BCUT2D eigenvalue weighted by Crippen LogP contribution is 2.34. The summed E-state index contributed by atoms with van der Waals surface area (Å²) in [6, 6.07) is 11.8. The molecule has 8 nitrogen and oxygen atoms in total. The predicted molar refractivity (Wildman–Crippen MR) is 137 cm³/mol. The van der Waals surface area contributed by atoms with Gasteiger partial charge in [-0.2, -0.15) is 18.3 Å². The van der Waals surface area contributed by atoms with Crippen molar-refractivity contribution >= 4 is 23.2 Å². The van der Waals surface area contributed by atoms with Crippen LogP contribution in [0.2, 0.25) is 0 Å². The average Bonchev–Trinajstić information content (AvgIpc) is 3.19. The molecular formula is C26H28F3N7O. The van der Waals surface area contributed by atoms with E-state index in [2.05, 4.69) is 32.5 Å². The lowest BCUT2D eigenvalue weighted by molar-refractivity contribution is -0.138. The van der Waals surface area contributed by atoms with Gasteiger partial charge in [-0.3, -0.25) is 14.9 Å². The maximum atomic E-state index is 13.8. The number of nitrogen functional groups attached to an aromatic ring is 1. The number of benzene rings is 2. The van der Waals surface area contributed by atoms with Crippen molar-refractivity contribution < 1.29 is 18.0 Å². The van der Waals surface area contributed by atoms with Crippen LogP contribution in [0.3, 0.4) is 0 Å². The molecule has 0 aliphatic carbocycles. The molecule has 2 heterocycles. The first-order valence-corrected chi connectivity index (χ1v) is 11.7. The summed E-state index contributed by atoms with van der Waals surface area (Å²) in [4.78, 5) is 16.6. The number of carbonyl (C=O) groups excluding carboxylic acids is 1. The summed E-state index contributed by atoms with van der Waals surface area (Å²) in [6.07, 6.45) is -4.55. The normalized spacial score (nSPS) is 14.6. The number of likely N-dealkylation sites (N-methyl/N-ethyl adjacent to an activating group) is 1. The Bertz CT molecular complexity index is 1310. The van der Waals surface area contributed by atoms with Gasteiger partial charge in [0, 0.05) is 62.8 Å². The number of anilines is 3. The van der Waals surface area contributed by atoms with E-state index in [1.54, 1.807) is 37.4 Å². The van der Waals surface area contributed by atoms with Crippen molar-refractivity contribution in [3.63, 3.8) is 0 Å². The fourth-order valence-electron chi connectivity index (χ4n) is 3.93. The molecule has 1 aliphatic heterocycles. The highest BCUT2D eigenvalue weighted by molar-refractivity contribution is 5.99. The van der Waals surface area contributed by atoms with E-state index in [9.17, 15) is 18.0 Å². The van der Waals surface area contributed by atoms with Crippen LogP contribution < -0.4 is 16.4 Å². The number of aromatic nitrogens is 2. The van der Waals surface area contributed by atoms with Gasteiger partial charge in [0.2, 0.25) is 0 Å². The van der Waals surface area contributed by atoms with Gasteiger partial charge >= 0.3 is 12.2 Å². The van der Waals surface area contributed by atoms with Gasteiger partial charge in [0.15, 0.2) is 5.82 Å². The second-order valence-corrected chi connectivity index (χ2v) is 8.94. The highest BCUT2D eigenvalue weighted by Gasteiger charge is 2.34. The van der Waals surface area contributed by atoms with Crippen molar-refractivity contribution in [2.24, 2.45) is 7.05 Å². The van der Waals surface area contributed by atoms with Gasteiger partial charge in [0.25, 0.3) is 0 Å². The molecule has 0 bridgehead atoms. The van der Waals surface area contributed by atoms with Gasteiger partial charge in [-0.25, -0.2) is 4.79 Å². The van der Waals surface area contributed by atoms with Crippen LogP contribution in [0.5, 0.6) is 0 Å². The van der Waals surface area contributed by atoms with Crippen LogP contribution in [0.4, 0.5) is 35.2 Å². The number of amides is 2. The Hall–Kier alpha value is -4.01. The number of rotatable bonds is 4. The molecule has 4 N–H and O–H groups in total. The molecule has 0 radical (unpaired) electrons. The quantitative estimate of drug-likeness (QED) is 0.366. The molecule has 2 amide bonds. The van der Waals surface area contributed by atoms with Crippen molar-refractivity contribution in [1.82, 2.24) is 19.6 Å². The maximum Gasteiger partial charge on any atom is 0.416 e. The number of piperazine rings is 1. The lowest BCUT2D eigenvalue weighted by atomic mass is 10.0. The van der Waals surface area contributed by atoms with Crippen LogP contribution in [0.1, 0.15) is 22.4 Å². The Morgan fingerprint density at radius 3 is 2.38 bits per heavy atom. The molecule has 37 heavy (non-hydrogen) atoms. The van der Waals surface area contributed by atoms with E-state index < -0.39 is 17.8 Å². The molecule has 3 aromatic rings. The molecule has 2 aromatic carbocycles. The van der Waals surface area contributed by atoms with Crippen molar-refractivity contribution in [2.75, 3.05) is 49.6 Å². The summed E-state index contributed by atoms with van der Waals surface area (Å²) in [5.74, 6) is 6.16. The van der Waals surface area contributed by atoms with Gasteiger partial charge < -0.3 is 16.0 Å². The minimum atomic E-state index is -4.55. The molecule has 1 aliphatic rings. The third-order valence-corrected chi connectivity index (χ3v) is 6.03. The number of alkyl halides is 3. The van der Waals surface area contributed by atoms with E-state index in [0.29, 0.717) is 24.5 Å². The second-order valence-electron chi connectivity index (χ2n) is 8.94. The number of urea groups is 1. The zero-order valence-corrected chi connectivity index (χ0v) is 20.6. The van der Waals surface area contributed by atoms with E-state index in [-0.39, 0.29) is 23.6 Å². The Morgan fingerprint density at radius 2 is 1.70 bits per heavy atom. The van der Waals surface area contributed by atoms with Crippen LogP contribution >= 0.6 is 0 Å². The zero-order valence-electron chi connectivity index (χ0n) is 20.6. The molecule has 11 heteroatoms. The van der Waals surface area contributed by atoms with Gasteiger partial charge in [-0.15, -0.1) is 0 Å². The number of nitrogens with two attached hydrogens (primary N) is 1. The predicted octanol–water partition coefficient (Wildman–Crippen LogP) is 3.81. The maximum absolute atomic E-state index is 13.8. The minimum absolute atomic E-state index is 0.0336. The van der Waals surface area contributed by atoms with Crippen molar-refractivity contribution in [2.45, 2.75) is 12.7 Å². The summed E-state index contributed by atoms with van der Waals surface area (Å²) in [5, 5.41) is 9.20. The Morgan fingerprint density at radius 1 is 1.00 bits per heavy atom. The van der Waals surface area contributed by atoms with Crippen molar-refractivity contribution in [3.8, 4) is 11.8 Å². The van der Waals surface area contributed by atoms with E-state index in [1.807, 2.05) is 11.9 Å². The average molecular weight is 512 g/mol. The molecule has 1 fully saturated rings. The second kappa shape index (κ2) is 10.9. The molecule has 0 spiro atoms. The summed E-state index contributed by atoms with van der Waals surface area (Å²) < 4.78 is 42.9. The summed E-state index contributed by atoms with van der Waals surface area (Å²) >= 11 is 0. The lowest BCUT2D eigenvalue weighted by Crippen LogP contribution is -2.44. The summed E-state index contributed by atoms with van der Waals surface area (Å²) in [5.41, 5.74) is 7.06. The number of halogens is 3. The summed E-state index contributed by atoms with van der Waals surface area (Å²) in [7, 11) is 3.66. The van der Waals surface area contributed by atoms with E-state index in [0.717, 1.165) is 24.7 Å². The topological polar surface area (TPSA) is 91.5 Å². The zero-order chi connectivity index (χ0) is 26.6. The van der Waals surface area contributed by atoms with Gasteiger partial charge in [0.05, 0.1) is 5.56 Å². The van der Waals surface area contributed by atoms with E-state index >= 15 is 0 Å². The number of carbonyl (C=O) groups is 1. The van der Waals surface area contributed by atoms with Gasteiger partial charge in [-0.1, -0.05) is 12.0 Å². The molecule has 1 aromatic heterocycles. The van der Waals surface area contributed by atoms with E-state index in [4.69, 9.17) is 5.73 Å². The standard InChI is InChI=1S/C26H28F3N7O/c1-34-11-13-36(14-12-34)17-19-6-9-21(15-23(19)26(27,28)29)31-25(37)32-24-16-22(35(2)33-24)10-5-18-3-7-20(30)8-4-18/h3-4,6-9,15-16H,11-14,17,30H2,1-2H3,(H2,31,32,33,37). The fourth-order valence-corrected chi connectivity index (χ4v) is 3.93. The van der Waals surface area contributed by atoms with Crippen LogP contribution in [0.15, 0.2) is 48.5 Å². The Kier molecular flexibility index (Phi) is 7.71. The Labute approximate surface area is 213 Å². The first kappa shape index (κ1) is 26.1. The smallest absolute Gasteiger partial charge is 0.399 e. The lowest BCUT2D eigenvalue weighted by Gasteiger charge is -2.33. The number of hydrogen-bond donors (Lipinski definition) is 3. The number of hydrogen-bond acceptors (Lipinski definition) is 5. The minimum Gasteiger partial charge on any atom is -0.399 e. The van der Waals surface area contributed by atoms with Crippen LogP contribution in [0, 0.1) is 11.8 Å². The molecular weight excluding hydrogens is 483 g/mol. The number of aryl methyl sites for hydroxylation is 1. The third-order valence-electron chi connectivity index (χ3n) is 6.03. The Balaban J connectivity index is 1.42.